The average Bonchev–Trinajstić information content (AvgIpc) is 3.22. The van der Waals surface area contributed by atoms with E-state index in [9.17, 15) is 18.0 Å². The fraction of sp³-hybridized carbons (Fsp3) is 0.385. The summed E-state index contributed by atoms with van der Waals surface area (Å²) in [5.41, 5.74) is 2.75. The van der Waals surface area contributed by atoms with Crippen molar-refractivity contribution in [3.8, 4) is 16.3 Å². The van der Waals surface area contributed by atoms with Crippen molar-refractivity contribution in [2.45, 2.75) is 52.5 Å². The van der Waals surface area contributed by atoms with Crippen molar-refractivity contribution in [3.63, 3.8) is 0 Å². The Morgan fingerprint density at radius 2 is 1.80 bits per heavy atom. The Morgan fingerprint density at radius 3 is 2.40 bits per heavy atom. The zero-order valence-corrected chi connectivity index (χ0v) is 20.9. The Morgan fingerprint density at radius 1 is 1.09 bits per heavy atom. The summed E-state index contributed by atoms with van der Waals surface area (Å²) in [5, 5.41) is 0.643. The number of carbonyl (C=O) groups excluding carboxylic acids is 1. The number of esters is 1. The lowest BCUT2D eigenvalue weighted by Crippen LogP contribution is -2.28. The average molecular weight is 508 g/mol. The third kappa shape index (κ3) is 6.82. The van der Waals surface area contributed by atoms with Crippen LogP contribution in [0.4, 0.5) is 13.2 Å². The second-order valence-electron chi connectivity index (χ2n) is 7.85. The van der Waals surface area contributed by atoms with E-state index in [2.05, 4.69) is 4.98 Å². The Kier molecular flexibility index (Phi) is 8.91. The maximum absolute atomic E-state index is 12.8. The molecule has 9 heteroatoms. The molecule has 2 aromatic carbocycles. The van der Waals surface area contributed by atoms with Crippen molar-refractivity contribution in [2.24, 2.45) is 0 Å². The number of hydrogen-bond acceptors (Lipinski definition) is 6. The lowest BCUT2D eigenvalue weighted by atomic mass is 9.99. The van der Waals surface area contributed by atoms with Crippen LogP contribution in [-0.2, 0) is 39.9 Å². The quantitative estimate of drug-likeness (QED) is 0.297. The van der Waals surface area contributed by atoms with E-state index in [1.807, 2.05) is 39.0 Å². The number of thiazole rings is 1. The molecule has 0 saturated carbocycles. The summed E-state index contributed by atoms with van der Waals surface area (Å²) < 4.78 is 54.9. The summed E-state index contributed by atoms with van der Waals surface area (Å²) in [6, 6.07) is 10.7. The van der Waals surface area contributed by atoms with Crippen LogP contribution in [0.3, 0.4) is 0 Å². The first-order chi connectivity index (χ1) is 16.7. The number of benzene rings is 2. The molecule has 0 fully saturated rings. The summed E-state index contributed by atoms with van der Waals surface area (Å²) in [7, 11) is 1.34. The summed E-state index contributed by atoms with van der Waals surface area (Å²) in [6.45, 7) is 6.41. The minimum absolute atomic E-state index is 0.288. The summed E-state index contributed by atoms with van der Waals surface area (Å²) in [5.74, 6) is 0.277. The Bertz CT molecular complexity index is 1140. The fourth-order valence-corrected chi connectivity index (χ4v) is 4.58. The third-order valence-electron chi connectivity index (χ3n) is 5.52. The Balaban J connectivity index is 1.71. The van der Waals surface area contributed by atoms with Gasteiger partial charge in [-0.2, -0.15) is 13.2 Å². The van der Waals surface area contributed by atoms with Crippen LogP contribution < -0.4 is 4.74 Å². The number of halogens is 3. The maximum atomic E-state index is 12.8. The first-order valence-corrected chi connectivity index (χ1v) is 12.1. The molecule has 0 spiro atoms. The predicted molar refractivity (Wildman–Crippen MR) is 129 cm³/mol. The Hall–Kier alpha value is -2.91. The summed E-state index contributed by atoms with van der Waals surface area (Å²) in [6.07, 6.45) is -3.86. The predicted octanol–water partition coefficient (Wildman–Crippen LogP) is 6.40. The molecule has 0 amide bonds. The number of carbonyl (C=O) groups is 1. The highest BCUT2D eigenvalue weighted by molar-refractivity contribution is 7.15. The van der Waals surface area contributed by atoms with Crippen LogP contribution in [0.5, 0.6) is 5.75 Å². The van der Waals surface area contributed by atoms with Crippen LogP contribution >= 0.6 is 11.3 Å². The van der Waals surface area contributed by atoms with E-state index in [1.54, 1.807) is 0 Å². The van der Waals surface area contributed by atoms with Crippen LogP contribution in [0, 0.1) is 6.92 Å². The molecule has 0 bridgehead atoms. The minimum atomic E-state index is -4.37. The molecule has 1 unspecified atom stereocenters. The molecule has 1 atom stereocenters. The van der Waals surface area contributed by atoms with Crippen molar-refractivity contribution >= 4 is 17.3 Å². The molecule has 5 nitrogen and oxygen atoms in total. The maximum Gasteiger partial charge on any atom is 0.416 e. The van der Waals surface area contributed by atoms with E-state index >= 15 is 0 Å². The van der Waals surface area contributed by atoms with Crippen molar-refractivity contribution in [3.05, 3.63) is 69.7 Å². The number of hydrogen-bond donors (Lipinski definition) is 0. The number of nitrogens with zero attached hydrogens (tertiary/aromatic N) is 1. The van der Waals surface area contributed by atoms with Gasteiger partial charge in [0.25, 0.3) is 0 Å². The first kappa shape index (κ1) is 26.7. The van der Waals surface area contributed by atoms with E-state index in [4.69, 9.17) is 14.2 Å². The highest BCUT2D eigenvalue weighted by atomic mass is 32.1. The number of ether oxygens (including phenoxy) is 3. The normalized spacial score (nSPS) is 12.4. The molecule has 0 aliphatic heterocycles. The molecule has 3 rings (SSSR count). The highest BCUT2D eigenvalue weighted by Crippen LogP contribution is 2.33. The molecule has 0 aliphatic rings. The van der Waals surface area contributed by atoms with Gasteiger partial charge in [0.2, 0.25) is 0 Å². The highest BCUT2D eigenvalue weighted by Gasteiger charge is 2.30. The molecule has 0 aliphatic carbocycles. The molecule has 3 aromatic rings. The van der Waals surface area contributed by atoms with E-state index in [-0.39, 0.29) is 6.61 Å². The van der Waals surface area contributed by atoms with E-state index in [0.29, 0.717) is 29.3 Å². The van der Waals surface area contributed by atoms with Crippen LogP contribution in [0.1, 0.15) is 41.1 Å². The minimum Gasteiger partial charge on any atom is -0.488 e. The van der Waals surface area contributed by atoms with E-state index in [0.717, 1.165) is 40.3 Å². The van der Waals surface area contributed by atoms with Gasteiger partial charge in [-0.15, -0.1) is 11.3 Å². The van der Waals surface area contributed by atoms with Gasteiger partial charge < -0.3 is 14.2 Å². The molecule has 188 valence electrons. The molecule has 0 saturated heterocycles. The van der Waals surface area contributed by atoms with Crippen molar-refractivity contribution in [1.29, 1.82) is 0 Å². The second kappa shape index (κ2) is 11.7. The lowest BCUT2D eigenvalue weighted by molar-refractivity contribution is -0.153. The van der Waals surface area contributed by atoms with Gasteiger partial charge in [0.15, 0.2) is 6.10 Å². The third-order valence-corrected chi connectivity index (χ3v) is 6.70. The number of alkyl halides is 3. The van der Waals surface area contributed by atoms with Crippen molar-refractivity contribution in [1.82, 2.24) is 4.98 Å². The molecular weight excluding hydrogens is 479 g/mol. The van der Waals surface area contributed by atoms with Gasteiger partial charge in [0.05, 0.1) is 23.2 Å². The number of aromatic nitrogens is 1. The number of aryl methyl sites for hydroxylation is 2. The molecular formula is C26H28F3NO4S. The van der Waals surface area contributed by atoms with E-state index in [1.165, 1.54) is 30.6 Å². The number of methoxy groups -OCH3 is 1. The molecule has 1 heterocycles. The first-order valence-electron chi connectivity index (χ1n) is 11.2. The van der Waals surface area contributed by atoms with Gasteiger partial charge in [-0.25, -0.2) is 9.78 Å². The largest absolute Gasteiger partial charge is 0.488 e. The monoisotopic (exact) mass is 507 g/mol. The van der Waals surface area contributed by atoms with Gasteiger partial charge in [0.1, 0.15) is 17.4 Å². The van der Waals surface area contributed by atoms with Crippen molar-refractivity contribution < 1.29 is 32.2 Å². The smallest absolute Gasteiger partial charge is 0.416 e. The summed E-state index contributed by atoms with van der Waals surface area (Å²) >= 11 is 1.39. The van der Waals surface area contributed by atoms with Crippen LogP contribution in [0.15, 0.2) is 42.5 Å². The second-order valence-corrected chi connectivity index (χ2v) is 8.93. The molecule has 0 N–H and O–H groups in total. The summed E-state index contributed by atoms with van der Waals surface area (Å²) in [4.78, 5) is 17.4. The Labute approximate surface area is 206 Å². The van der Waals surface area contributed by atoms with Gasteiger partial charge in [0, 0.05) is 18.6 Å². The standard InChI is InChI=1S/C26H28F3NO4S/c1-5-17-13-21(12-9-19(17)14-22(33-6-2)25(31)32-4)34-15-23-16(3)30-24(35-23)18-7-10-20(11-8-18)26(27,28)29/h7-13,22H,5-6,14-15H2,1-4H3. The van der Waals surface area contributed by atoms with Crippen molar-refractivity contribution in [2.75, 3.05) is 13.7 Å². The zero-order chi connectivity index (χ0) is 25.6. The molecule has 0 radical (unpaired) electrons. The topological polar surface area (TPSA) is 57.7 Å². The van der Waals surface area contributed by atoms with Gasteiger partial charge >= 0.3 is 12.1 Å². The van der Waals surface area contributed by atoms with Gasteiger partial charge in [-0.05, 0) is 55.7 Å². The van der Waals surface area contributed by atoms with Gasteiger partial charge in [-0.3, -0.25) is 0 Å². The number of rotatable bonds is 10. The molecule has 35 heavy (non-hydrogen) atoms. The SMILES string of the molecule is CCOC(Cc1ccc(OCc2sc(-c3ccc(C(F)(F)F)cc3)nc2C)cc1CC)C(=O)OC. The van der Waals surface area contributed by atoms with Crippen LogP contribution in [0.2, 0.25) is 0 Å². The molecule has 1 aromatic heterocycles. The van der Waals surface area contributed by atoms with Crippen LogP contribution in [0.25, 0.3) is 10.6 Å². The van der Waals surface area contributed by atoms with E-state index < -0.39 is 23.8 Å². The van der Waals surface area contributed by atoms with Crippen LogP contribution in [-0.4, -0.2) is 30.8 Å². The zero-order valence-electron chi connectivity index (χ0n) is 20.1. The lowest BCUT2D eigenvalue weighted by Gasteiger charge is -2.17. The van der Waals surface area contributed by atoms with Gasteiger partial charge in [-0.1, -0.05) is 25.1 Å². The fourth-order valence-electron chi connectivity index (χ4n) is 3.60.